The second-order valence-electron chi connectivity index (χ2n) is 6.87. The number of hydrogen-bond donors (Lipinski definition) is 1. The zero-order valence-electron chi connectivity index (χ0n) is 17.4. The van der Waals surface area contributed by atoms with Crippen molar-refractivity contribution in [2.45, 2.75) is 33.6 Å². The lowest BCUT2D eigenvalue weighted by Crippen LogP contribution is -2.22. The van der Waals surface area contributed by atoms with Gasteiger partial charge in [0.1, 0.15) is 18.1 Å². The molecule has 8 heteroatoms. The van der Waals surface area contributed by atoms with Crippen LogP contribution in [0.1, 0.15) is 33.0 Å². The van der Waals surface area contributed by atoms with E-state index in [1.165, 1.54) is 19.2 Å². The summed E-state index contributed by atoms with van der Waals surface area (Å²) in [5, 5.41) is 2.68. The molecule has 0 spiro atoms. The standard InChI is InChI=1S/C23H23F2NO5/c1-14-4-7-18(15(2)10-14)29-13-17-6-9-20(30-17)22(27)26-12-16-5-8-19(28-3)21(11-16)31-23(24)25/h4-11,23H,12-13H2,1-3H3,(H,26,27). The Labute approximate surface area is 178 Å². The Morgan fingerprint density at radius 1 is 1.03 bits per heavy atom. The number of aryl methyl sites for hydroxylation is 2. The number of rotatable bonds is 9. The van der Waals surface area contributed by atoms with Crippen molar-refractivity contribution in [2.24, 2.45) is 0 Å². The molecule has 0 fully saturated rings. The molecule has 0 atom stereocenters. The van der Waals surface area contributed by atoms with Crippen LogP contribution in [-0.2, 0) is 13.2 Å². The van der Waals surface area contributed by atoms with E-state index in [1.807, 2.05) is 32.0 Å². The van der Waals surface area contributed by atoms with Crippen molar-refractivity contribution in [2.75, 3.05) is 7.11 Å². The SMILES string of the molecule is COc1ccc(CNC(=O)c2ccc(COc3ccc(C)cc3C)o2)cc1OC(F)F. The van der Waals surface area contributed by atoms with Gasteiger partial charge in [0.15, 0.2) is 17.3 Å². The molecule has 1 amide bonds. The first-order valence-electron chi connectivity index (χ1n) is 9.54. The zero-order valence-corrected chi connectivity index (χ0v) is 17.4. The van der Waals surface area contributed by atoms with Crippen LogP contribution in [0.2, 0.25) is 0 Å². The van der Waals surface area contributed by atoms with E-state index in [1.54, 1.807) is 18.2 Å². The number of nitrogens with one attached hydrogen (secondary N) is 1. The molecular formula is C23H23F2NO5. The lowest BCUT2D eigenvalue weighted by molar-refractivity contribution is -0.0512. The van der Waals surface area contributed by atoms with E-state index >= 15 is 0 Å². The summed E-state index contributed by atoms with van der Waals surface area (Å²) in [6.07, 6.45) is 0. The first kappa shape index (κ1) is 22.1. The number of methoxy groups -OCH3 is 1. The quantitative estimate of drug-likeness (QED) is 0.516. The number of carbonyl (C=O) groups excluding carboxylic acids is 1. The van der Waals surface area contributed by atoms with Crippen LogP contribution in [0.4, 0.5) is 8.78 Å². The number of amides is 1. The average Bonchev–Trinajstić information content (AvgIpc) is 3.20. The maximum Gasteiger partial charge on any atom is 0.387 e. The Morgan fingerprint density at radius 3 is 2.52 bits per heavy atom. The van der Waals surface area contributed by atoms with Crippen LogP contribution in [0.25, 0.3) is 0 Å². The first-order valence-corrected chi connectivity index (χ1v) is 9.54. The molecule has 3 aromatic rings. The van der Waals surface area contributed by atoms with Crippen LogP contribution < -0.4 is 19.5 Å². The van der Waals surface area contributed by atoms with E-state index in [0.29, 0.717) is 11.3 Å². The van der Waals surface area contributed by atoms with Gasteiger partial charge in [-0.05, 0) is 55.3 Å². The molecule has 0 aliphatic heterocycles. The monoisotopic (exact) mass is 431 g/mol. The molecule has 1 N–H and O–H groups in total. The number of furan rings is 1. The minimum atomic E-state index is -2.98. The van der Waals surface area contributed by atoms with Crippen molar-refractivity contribution in [3.05, 3.63) is 76.7 Å². The third kappa shape index (κ3) is 5.97. The summed E-state index contributed by atoms with van der Waals surface area (Å²) in [6, 6.07) is 13.6. The van der Waals surface area contributed by atoms with Gasteiger partial charge >= 0.3 is 6.61 Å². The molecule has 0 aliphatic carbocycles. The molecular weight excluding hydrogens is 408 g/mol. The van der Waals surface area contributed by atoms with Gasteiger partial charge in [-0.1, -0.05) is 23.8 Å². The molecule has 31 heavy (non-hydrogen) atoms. The molecule has 0 saturated carbocycles. The molecule has 1 heterocycles. The van der Waals surface area contributed by atoms with Crippen LogP contribution in [0.5, 0.6) is 17.2 Å². The third-order valence-corrected chi connectivity index (χ3v) is 4.48. The second-order valence-corrected chi connectivity index (χ2v) is 6.87. The Hall–Kier alpha value is -3.55. The van der Waals surface area contributed by atoms with Crippen LogP contribution in [0.3, 0.4) is 0 Å². The molecule has 6 nitrogen and oxygen atoms in total. The van der Waals surface area contributed by atoms with E-state index < -0.39 is 12.5 Å². The highest BCUT2D eigenvalue weighted by molar-refractivity contribution is 5.91. The predicted octanol–water partition coefficient (Wildman–Crippen LogP) is 5.02. The predicted molar refractivity (Wildman–Crippen MR) is 110 cm³/mol. The summed E-state index contributed by atoms with van der Waals surface area (Å²) in [4.78, 5) is 12.4. The zero-order chi connectivity index (χ0) is 22.4. The summed E-state index contributed by atoms with van der Waals surface area (Å²) in [7, 11) is 1.35. The van der Waals surface area contributed by atoms with E-state index in [4.69, 9.17) is 13.9 Å². The summed E-state index contributed by atoms with van der Waals surface area (Å²) in [6.45, 7) is 1.26. The van der Waals surface area contributed by atoms with Crippen molar-refractivity contribution in [1.29, 1.82) is 0 Å². The molecule has 0 bridgehead atoms. The number of hydrogen-bond acceptors (Lipinski definition) is 5. The topological polar surface area (TPSA) is 69.9 Å². The van der Waals surface area contributed by atoms with Gasteiger partial charge in [-0.3, -0.25) is 4.79 Å². The van der Waals surface area contributed by atoms with Crippen molar-refractivity contribution in [3.8, 4) is 17.2 Å². The summed E-state index contributed by atoms with van der Waals surface area (Å²) in [5.74, 6) is 1.00. The summed E-state index contributed by atoms with van der Waals surface area (Å²) < 4.78 is 45.8. The molecule has 0 aliphatic rings. The van der Waals surface area contributed by atoms with Crippen molar-refractivity contribution >= 4 is 5.91 Å². The summed E-state index contributed by atoms with van der Waals surface area (Å²) in [5.41, 5.74) is 2.72. The number of ether oxygens (including phenoxy) is 3. The second kappa shape index (κ2) is 9.97. The molecule has 2 aromatic carbocycles. The minimum Gasteiger partial charge on any atom is -0.493 e. The highest BCUT2D eigenvalue weighted by atomic mass is 19.3. The van der Waals surface area contributed by atoms with Gasteiger partial charge in [-0.2, -0.15) is 8.78 Å². The minimum absolute atomic E-state index is 0.0948. The molecule has 3 rings (SSSR count). The first-order chi connectivity index (χ1) is 14.9. The van der Waals surface area contributed by atoms with Crippen LogP contribution in [0, 0.1) is 13.8 Å². The van der Waals surface area contributed by atoms with Gasteiger partial charge in [-0.25, -0.2) is 0 Å². The summed E-state index contributed by atoms with van der Waals surface area (Å²) >= 11 is 0. The van der Waals surface area contributed by atoms with Crippen LogP contribution in [-0.4, -0.2) is 19.6 Å². The fraction of sp³-hybridized carbons (Fsp3) is 0.261. The van der Waals surface area contributed by atoms with Gasteiger partial charge in [0.25, 0.3) is 5.91 Å². The Balaban J connectivity index is 1.57. The Kier molecular flexibility index (Phi) is 7.12. The number of carbonyl (C=O) groups is 1. The maximum atomic E-state index is 12.5. The fourth-order valence-electron chi connectivity index (χ4n) is 2.98. The molecule has 0 radical (unpaired) electrons. The molecule has 164 valence electrons. The van der Waals surface area contributed by atoms with Gasteiger partial charge in [-0.15, -0.1) is 0 Å². The highest BCUT2D eigenvalue weighted by Gasteiger charge is 2.14. The van der Waals surface area contributed by atoms with E-state index in [-0.39, 0.29) is 30.4 Å². The average molecular weight is 431 g/mol. The largest absolute Gasteiger partial charge is 0.493 e. The fourth-order valence-corrected chi connectivity index (χ4v) is 2.98. The van der Waals surface area contributed by atoms with E-state index in [2.05, 4.69) is 10.1 Å². The van der Waals surface area contributed by atoms with E-state index in [9.17, 15) is 13.6 Å². The molecule has 1 aromatic heterocycles. The lowest BCUT2D eigenvalue weighted by atomic mass is 10.1. The highest BCUT2D eigenvalue weighted by Crippen LogP contribution is 2.29. The van der Waals surface area contributed by atoms with Crippen LogP contribution in [0.15, 0.2) is 52.9 Å². The van der Waals surface area contributed by atoms with Crippen molar-refractivity contribution in [3.63, 3.8) is 0 Å². The maximum absolute atomic E-state index is 12.5. The van der Waals surface area contributed by atoms with Gasteiger partial charge in [0.2, 0.25) is 0 Å². The number of alkyl halides is 2. The van der Waals surface area contributed by atoms with Gasteiger partial charge in [0.05, 0.1) is 7.11 Å². The number of benzene rings is 2. The lowest BCUT2D eigenvalue weighted by Gasteiger charge is -2.11. The third-order valence-electron chi connectivity index (χ3n) is 4.48. The normalized spacial score (nSPS) is 10.8. The van der Waals surface area contributed by atoms with Gasteiger partial charge < -0.3 is 23.9 Å². The molecule has 0 saturated heterocycles. The number of halogens is 2. The van der Waals surface area contributed by atoms with Crippen molar-refractivity contribution in [1.82, 2.24) is 5.32 Å². The van der Waals surface area contributed by atoms with Crippen LogP contribution >= 0.6 is 0 Å². The molecule has 0 unspecified atom stereocenters. The van der Waals surface area contributed by atoms with Crippen molar-refractivity contribution < 1.29 is 32.2 Å². The Morgan fingerprint density at radius 2 is 1.81 bits per heavy atom. The Bertz CT molecular complexity index is 1050. The van der Waals surface area contributed by atoms with E-state index in [0.717, 1.165) is 16.9 Å². The van der Waals surface area contributed by atoms with Gasteiger partial charge in [0, 0.05) is 6.54 Å². The smallest absolute Gasteiger partial charge is 0.387 e.